The number of rotatable bonds is 2. The first-order valence-corrected chi connectivity index (χ1v) is 6.45. The highest BCUT2D eigenvalue weighted by Crippen LogP contribution is 2.30. The molecule has 0 saturated carbocycles. The van der Waals surface area contributed by atoms with Gasteiger partial charge in [0.15, 0.2) is 0 Å². The van der Waals surface area contributed by atoms with Gasteiger partial charge >= 0.3 is 0 Å². The Morgan fingerprint density at radius 1 is 1.05 bits per heavy atom. The number of hydrogen-bond acceptors (Lipinski definition) is 4. The van der Waals surface area contributed by atoms with Crippen molar-refractivity contribution in [1.82, 2.24) is 10.1 Å². The number of aryl methyl sites for hydroxylation is 2. The molecule has 5 heteroatoms. The summed E-state index contributed by atoms with van der Waals surface area (Å²) in [7, 11) is 0. The zero-order valence-corrected chi connectivity index (χ0v) is 11.6. The fraction of sp³-hybridized carbons (Fsp3) is 0.125. The molecule has 0 aliphatic carbocycles. The Morgan fingerprint density at radius 3 is 2.62 bits per heavy atom. The van der Waals surface area contributed by atoms with Crippen LogP contribution in [0.25, 0.3) is 22.8 Å². The van der Waals surface area contributed by atoms with Crippen LogP contribution in [0.15, 0.2) is 40.9 Å². The molecule has 0 unspecified atom stereocenters. The first kappa shape index (κ1) is 13.3. The maximum Gasteiger partial charge on any atom is 0.262 e. The van der Waals surface area contributed by atoms with E-state index in [0.29, 0.717) is 17.0 Å². The largest absolute Gasteiger partial charge is 0.507 e. The summed E-state index contributed by atoms with van der Waals surface area (Å²) in [6, 6.07) is 9.51. The van der Waals surface area contributed by atoms with Gasteiger partial charge in [-0.3, -0.25) is 0 Å². The zero-order chi connectivity index (χ0) is 15.0. The van der Waals surface area contributed by atoms with E-state index in [9.17, 15) is 9.50 Å². The van der Waals surface area contributed by atoms with Crippen LogP contribution in [0.3, 0.4) is 0 Å². The molecule has 106 valence electrons. The molecule has 2 aromatic carbocycles. The van der Waals surface area contributed by atoms with Crippen molar-refractivity contribution in [3.8, 4) is 28.6 Å². The predicted octanol–water partition coefficient (Wildman–Crippen LogP) is 3.87. The lowest BCUT2D eigenvalue weighted by Crippen LogP contribution is -1.87. The molecule has 4 nitrogen and oxygen atoms in total. The third-order valence-corrected chi connectivity index (χ3v) is 3.24. The molecule has 0 radical (unpaired) electrons. The number of aromatic hydroxyl groups is 1. The molecule has 3 aromatic rings. The van der Waals surface area contributed by atoms with Crippen LogP contribution in [0, 0.1) is 19.7 Å². The number of hydrogen-bond donors (Lipinski definition) is 1. The van der Waals surface area contributed by atoms with E-state index in [1.165, 1.54) is 12.1 Å². The quantitative estimate of drug-likeness (QED) is 0.776. The Bertz CT molecular complexity index is 812. The molecule has 0 aliphatic heterocycles. The Kier molecular flexibility index (Phi) is 3.17. The summed E-state index contributed by atoms with van der Waals surface area (Å²) in [5.74, 6) is 0.362. The minimum atomic E-state index is -0.309. The van der Waals surface area contributed by atoms with E-state index < -0.39 is 0 Å². The van der Waals surface area contributed by atoms with Crippen molar-refractivity contribution in [3.05, 3.63) is 53.3 Å². The maximum absolute atomic E-state index is 13.1. The topological polar surface area (TPSA) is 59.2 Å². The molecule has 0 amide bonds. The highest BCUT2D eigenvalue weighted by Gasteiger charge is 2.15. The molecule has 1 aromatic heterocycles. The van der Waals surface area contributed by atoms with Crippen LogP contribution < -0.4 is 0 Å². The molecule has 1 N–H and O–H groups in total. The number of benzene rings is 2. The second-order valence-corrected chi connectivity index (χ2v) is 4.90. The van der Waals surface area contributed by atoms with E-state index in [1.54, 1.807) is 31.2 Å². The van der Waals surface area contributed by atoms with Crippen LogP contribution >= 0.6 is 0 Å². The van der Waals surface area contributed by atoms with Crippen LogP contribution in [0.4, 0.5) is 4.39 Å². The summed E-state index contributed by atoms with van der Waals surface area (Å²) in [5.41, 5.74) is 2.86. The molecular formula is C16H13FN2O2. The van der Waals surface area contributed by atoms with E-state index in [0.717, 1.165) is 11.1 Å². The van der Waals surface area contributed by atoms with Gasteiger partial charge in [0.25, 0.3) is 5.89 Å². The van der Waals surface area contributed by atoms with Gasteiger partial charge in [0, 0.05) is 5.56 Å². The molecular weight excluding hydrogens is 271 g/mol. The van der Waals surface area contributed by atoms with Crippen LogP contribution in [-0.2, 0) is 0 Å². The van der Waals surface area contributed by atoms with Gasteiger partial charge in [-0.1, -0.05) is 16.8 Å². The van der Waals surface area contributed by atoms with Crippen LogP contribution in [0.1, 0.15) is 11.1 Å². The number of phenols is 1. The summed E-state index contributed by atoms with van der Waals surface area (Å²) in [5, 5.41) is 13.8. The molecule has 21 heavy (non-hydrogen) atoms. The summed E-state index contributed by atoms with van der Waals surface area (Å²) in [4.78, 5) is 4.28. The van der Waals surface area contributed by atoms with Crippen molar-refractivity contribution in [1.29, 1.82) is 0 Å². The molecule has 0 spiro atoms. The highest BCUT2D eigenvalue weighted by atomic mass is 19.1. The van der Waals surface area contributed by atoms with E-state index >= 15 is 0 Å². The van der Waals surface area contributed by atoms with Gasteiger partial charge in [0.1, 0.15) is 11.6 Å². The zero-order valence-electron chi connectivity index (χ0n) is 11.6. The minimum Gasteiger partial charge on any atom is -0.507 e. The van der Waals surface area contributed by atoms with Crippen molar-refractivity contribution in [3.63, 3.8) is 0 Å². The lowest BCUT2D eigenvalue weighted by Gasteiger charge is -2.01. The fourth-order valence-electron chi connectivity index (χ4n) is 2.14. The highest BCUT2D eigenvalue weighted by molar-refractivity contribution is 5.66. The van der Waals surface area contributed by atoms with Gasteiger partial charge in [-0.05, 0) is 49.7 Å². The van der Waals surface area contributed by atoms with Crippen LogP contribution in [-0.4, -0.2) is 15.2 Å². The second kappa shape index (κ2) is 5.01. The lowest BCUT2D eigenvalue weighted by atomic mass is 10.1. The van der Waals surface area contributed by atoms with E-state index in [4.69, 9.17) is 4.52 Å². The van der Waals surface area contributed by atoms with Crippen molar-refractivity contribution in [2.75, 3.05) is 0 Å². The summed E-state index contributed by atoms with van der Waals surface area (Å²) < 4.78 is 18.3. The molecule has 0 saturated heterocycles. The number of phenolic OH excluding ortho intramolecular Hbond substituents is 1. The average molecular weight is 284 g/mol. The smallest absolute Gasteiger partial charge is 0.262 e. The Morgan fingerprint density at radius 2 is 1.86 bits per heavy atom. The van der Waals surface area contributed by atoms with E-state index in [2.05, 4.69) is 10.1 Å². The molecule has 0 atom stereocenters. The molecule has 3 rings (SSSR count). The monoisotopic (exact) mass is 284 g/mol. The van der Waals surface area contributed by atoms with Gasteiger partial charge in [0.2, 0.25) is 5.82 Å². The minimum absolute atomic E-state index is 0.0756. The van der Waals surface area contributed by atoms with Gasteiger partial charge in [0.05, 0.1) is 5.56 Å². The van der Waals surface area contributed by atoms with E-state index in [1.807, 2.05) is 6.92 Å². The summed E-state index contributed by atoms with van der Waals surface area (Å²) in [6.07, 6.45) is 0. The van der Waals surface area contributed by atoms with E-state index in [-0.39, 0.29) is 17.5 Å². The summed E-state index contributed by atoms with van der Waals surface area (Å²) >= 11 is 0. The SMILES string of the molecule is Cc1ccc(O)c(-c2nc(-c3ccc(F)cc3C)no2)c1. The van der Waals surface area contributed by atoms with Crippen LogP contribution in [0.5, 0.6) is 5.75 Å². The summed E-state index contributed by atoms with van der Waals surface area (Å²) in [6.45, 7) is 3.68. The van der Waals surface area contributed by atoms with Crippen LogP contribution in [0.2, 0.25) is 0 Å². The second-order valence-electron chi connectivity index (χ2n) is 4.90. The van der Waals surface area contributed by atoms with Gasteiger partial charge in [-0.25, -0.2) is 4.39 Å². The van der Waals surface area contributed by atoms with Crippen molar-refractivity contribution < 1.29 is 14.0 Å². The number of aromatic nitrogens is 2. The van der Waals surface area contributed by atoms with Crippen molar-refractivity contribution in [2.24, 2.45) is 0 Å². The van der Waals surface area contributed by atoms with Gasteiger partial charge < -0.3 is 9.63 Å². The maximum atomic E-state index is 13.1. The van der Waals surface area contributed by atoms with Gasteiger partial charge in [-0.2, -0.15) is 4.98 Å². The fourth-order valence-corrected chi connectivity index (χ4v) is 2.14. The third-order valence-electron chi connectivity index (χ3n) is 3.24. The average Bonchev–Trinajstić information content (AvgIpc) is 2.91. The lowest BCUT2D eigenvalue weighted by molar-refractivity contribution is 0.425. The normalized spacial score (nSPS) is 10.8. The van der Waals surface area contributed by atoms with Crippen molar-refractivity contribution >= 4 is 0 Å². The Balaban J connectivity index is 2.06. The first-order valence-electron chi connectivity index (χ1n) is 6.45. The number of halogens is 1. The molecule has 0 bridgehead atoms. The third kappa shape index (κ3) is 2.50. The predicted molar refractivity (Wildman–Crippen MR) is 76.3 cm³/mol. The van der Waals surface area contributed by atoms with Crippen molar-refractivity contribution in [2.45, 2.75) is 13.8 Å². The standard InChI is InChI=1S/C16H13FN2O2/c1-9-3-6-14(20)13(7-9)16-18-15(19-21-16)12-5-4-11(17)8-10(12)2/h3-8,20H,1-2H3. The molecule has 1 heterocycles. The Hall–Kier alpha value is -2.69. The Labute approximate surface area is 120 Å². The number of nitrogens with zero attached hydrogens (tertiary/aromatic N) is 2. The molecule has 0 aliphatic rings. The molecule has 0 fully saturated rings. The first-order chi connectivity index (χ1) is 10.0. The van der Waals surface area contributed by atoms with Gasteiger partial charge in [-0.15, -0.1) is 0 Å².